The third-order valence-electron chi connectivity index (χ3n) is 4.80. The lowest BCUT2D eigenvalue weighted by Gasteiger charge is -2.26. The summed E-state index contributed by atoms with van der Waals surface area (Å²) in [6.45, 7) is -0.707. The Morgan fingerprint density at radius 1 is 0.757 bits per heavy atom. The van der Waals surface area contributed by atoms with Crippen molar-refractivity contribution >= 4 is 10.0 Å². The molecule has 0 spiro atoms. The smallest absolute Gasteiger partial charge is 0.267 e. The van der Waals surface area contributed by atoms with Gasteiger partial charge < -0.3 is 0 Å². The van der Waals surface area contributed by atoms with E-state index in [0.29, 0.717) is 0 Å². The van der Waals surface area contributed by atoms with Gasteiger partial charge in [0.25, 0.3) is 15.6 Å². The molecular weight excluding hydrogens is 545 g/mol. The Bertz CT molecular complexity index is 1400. The third-order valence-corrected chi connectivity index (χ3v) is 6.45. The van der Waals surface area contributed by atoms with Gasteiger partial charge in [0.05, 0.1) is 23.4 Å². The average Bonchev–Trinajstić information content (AvgIpc) is 2.76. The monoisotopic (exact) mass is 559 g/mol. The van der Waals surface area contributed by atoms with Crippen LogP contribution in [0.1, 0.15) is 27.9 Å². The Labute approximate surface area is 202 Å². The first kappa shape index (κ1) is 28.0. The van der Waals surface area contributed by atoms with Crippen molar-refractivity contribution in [2.24, 2.45) is 0 Å². The summed E-state index contributed by atoms with van der Waals surface area (Å²) in [6.07, 6.45) is -15.3. The maximum Gasteiger partial charge on any atom is 0.433 e. The van der Waals surface area contributed by atoms with E-state index in [1.807, 2.05) is 0 Å². The molecule has 1 heterocycles. The van der Waals surface area contributed by atoms with Crippen molar-refractivity contribution in [3.05, 3.63) is 99.2 Å². The van der Waals surface area contributed by atoms with Gasteiger partial charge >= 0.3 is 18.5 Å². The fourth-order valence-corrected chi connectivity index (χ4v) is 4.63. The molecule has 0 aliphatic heterocycles. The predicted octanol–water partition coefficient (Wildman–Crippen LogP) is 4.97. The maximum atomic E-state index is 13.2. The Morgan fingerprint density at radius 2 is 1.30 bits per heavy atom. The Kier molecular flexibility index (Phi) is 7.36. The minimum atomic E-state index is -5.25. The number of aromatic nitrogens is 2. The number of sulfonamides is 1. The van der Waals surface area contributed by atoms with Gasteiger partial charge in [-0.25, -0.2) is 13.4 Å². The van der Waals surface area contributed by atoms with Crippen molar-refractivity contribution in [2.45, 2.75) is 30.8 Å². The van der Waals surface area contributed by atoms with E-state index in [1.165, 1.54) is 30.3 Å². The zero-order valence-electron chi connectivity index (χ0n) is 18.1. The lowest BCUT2D eigenvalue weighted by molar-refractivity contribution is -0.143. The molecular formula is C21H14F9N3O3S. The van der Waals surface area contributed by atoms with Crippen LogP contribution in [0.3, 0.4) is 0 Å². The summed E-state index contributed by atoms with van der Waals surface area (Å²) in [7, 11) is -4.98. The summed E-state index contributed by atoms with van der Waals surface area (Å²) >= 11 is 0. The van der Waals surface area contributed by atoms with Crippen molar-refractivity contribution in [3.63, 3.8) is 0 Å². The zero-order valence-corrected chi connectivity index (χ0v) is 18.9. The molecule has 1 aromatic heterocycles. The molecule has 0 bridgehead atoms. The van der Waals surface area contributed by atoms with Crippen LogP contribution in [0, 0.1) is 0 Å². The third kappa shape index (κ3) is 6.81. The Morgan fingerprint density at radius 3 is 1.76 bits per heavy atom. The van der Waals surface area contributed by atoms with Crippen molar-refractivity contribution < 1.29 is 47.9 Å². The second-order valence-corrected chi connectivity index (χ2v) is 9.46. The second kappa shape index (κ2) is 9.72. The van der Waals surface area contributed by atoms with Crippen LogP contribution in [0.15, 0.2) is 65.7 Å². The van der Waals surface area contributed by atoms with Gasteiger partial charge in [0.15, 0.2) is 5.69 Å². The van der Waals surface area contributed by atoms with Crippen LogP contribution in [-0.2, 0) is 40.8 Å². The summed E-state index contributed by atoms with van der Waals surface area (Å²) in [4.78, 5) is 15.4. The molecule has 200 valence electrons. The number of nitrogens with zero attached hydrogens (tertiary/aromatic N) is 3. The van der Waals surface area contributed by atoms with E-state index in [4.69, 9.17) is 0 Å². The van der Waals surface area contributed by atoms with E-state index in [9.17, 15) is 52.7 Å². The number of rotatable bonds is 6. The second-order valence-electron chi connectivity index (χ2n) is 7.59. The molecule has 0 amide bonds. The zero-order chi connectivity index (χ0) is 27.8. The van der Waals surface area contributed by atoms with Crippen LogP contribution >= 0.6 is 0 Å². The van der Waals surface area contributed by atoms with Gasteiger partial charge in [-0.15, -0.1) is 0 Å². The Hall–Kier alpha value is -3.56. The highest BCUT2D eigenvalue weighted by Crippen LogP contribution is 2.37. The summed E-state index contributed by atoms with van der Waals surface area (Å²) in [5.74, 6) is -1.46. The predicted molar refractivity (Wildman–Crippen MR) is 111 cm³/mol. The number of hydrogen-bond acceptors (Lipinski definition) is 4. The lowest BCUT2D eigenvalue weighted by atomic mass is 10.1. The first-order valence-corrected chi connectivity index (χ1v) is 11.5. The SMILES string of the molecule is O=c1cc(C(F)(F)F)ncn1N(Cc1ccccc1)S(=O)(=O)Cc1cc(C(F)(F)F)cc(C(F)(F)F)c1. The summed E-state index contributed by atoms with van der Waals surface area (Å²) in [6, 6.07) is 7.39. The number of halogens is 9. The van der Waals surface area contributed by atoms with Gasteiger partial charge in [-0.3, -0.25) is 4.79 Å². The average molecular weight is 559 g/mol. The molecule has 0 aliphatic carbocycles. The quantitative estimate of drug-likeness (QED) is 0.400. The molecule has 3 aromatic rings. The molecule has 0 N–H and O–H groups in total. The molecule has 0 radical (unpaired) electrons. The van der Waals surface area contributed by atoms with Crippen molar-refractivity contribution in [1.29, 1.82) is 0 Å². The van der Waals surface area contributed by atoms with Crippen molar-refractivity contribution in [1.82, 2.24) is 9.66 Å². The van der Waals surface area contributed by atoms with E-state index in [-0.39, 0.29) is 45.2 Å². The summed E-state index contributed by atoms with van der Waals surface area (Å²) < 4.78 is 145. The highest BCUT2D eigenvalue weighted by molar-refractivity contribution is 7.91. The molecule has 0 fully saturated rings. The highest BCUT2D eigenvalue weighted by atomic mass is 32.2. The topological polar surface area (TPSA) is 72.3 Å². The first-order chi connectivity index (χ1) is 16.9. The molecule has 0 saturated heterocycles. The summed E-state index contributed by atoms with van der Waals surface area (Å²) in [5.41, 5.74) is -7.42. The molecule has 16 heteroatoms. The number of benzene rings is 2. The van der Waals surface area contributed by atoms with E-state index in [0.717, 1.165) is 0 Å². The standard InChI is InChI=1S/C21H14F9N3O3S/c22-19(23,24)15-6-14(7-16(8-15)20(25,26)27)11-37(35,36)33(10-13-4-2-1-3-5-13)32-12-31-17(9-18(32)34)21(28,29)30/h1-9,12H,10-11H2. The van der Waals surface area contributed by atoms with Gasteiger partial charge in [0.2, 0.25) is 0 Å². The molecule has 0 unspecified atom stereocenters. The molecule has 0 atom stereocenters. The molecule has 6 nitrogen and oxygen atoms in total. The van der Waals surface area contributed by atoms with Crippen LogP contribution in [0.25, 0.3) is 0 Å². The fourth-order valence-electron chi connectivity index (χ4n) is 3.15. The number of alkyl halides is 9. The molecule has 3 rings (SSSR count). The van der Waals surface area contributed by atoms with E-state index in [2.05, 4.69) is 4.98 Å². The fraction of sp³-hybridized carbons (Fsp3) is 0.238. The van der Waals surface area contributed by atoms with E-state index < -0.39 is 68.8 Å². The molecule has 37 heavy (non-hydrogen) atoms. The van der Waals surface area contributed by atoms with E-state index in [1.54, 1.807) is 0 Å². The molecule has 2 aromatic carbocycles. The molecule has 0 aliphatic rings. The van der Waals surface area contributed by atoms with Gasteiger partial charge in [-0.1, -0.05) is 30.3 Å². The number of hydrogen-bond donors (Lipinski definition) is 0. The minimum absolute atomic E-state index is 0.000450. The van der Waals surface area contributed by atoms with Gasteiger partial charge in [0, 0.05) is 6.07 Å². The lowest BCUT2D eigenvalue weighted by Crippen LogP contribution is -2.46. The van der Waals surface area contributed by atoms with Crippen LogP contribution in [0.4, 0.5) is 39.5 Å². The van der Waals surface area contributed by atoms with E-state index >= 15 is 0 Å². The Balaban J connectivity index is 2.13. The first-order valence-electron chi connectivity index (χ1n) is 9.87. The van der Waals surface area contributed by atoms with Crippen molar-refractivity contribution in [2.75, 3.05) is 4.41 Å². The largest absolute Gasteiger partial charge is 0.433 e. The summed E-state index contributed by atoms with van der Waals surface area (Å²) in [5, 5.41) is 0. The van der Waals surface area contributed by atoms with Crippen molar-refractivity contribution in [3.8, 4) is 0 Å². The van der Waals surface area contributed by atoms with Gasteiger partial charge in [-0.05, 0) is 29.3 Å². The van der Waals surface area contributed by atoms with Gasteiger partial charge in [0.1, 0.15) is 6.33 Å². The minimum Gasteiger partial charge on any atom is -0.267 e. The van der Waals surface area contributed by atoms with Crippen LogP contribution < -0.4 is 9.97 Å². The maximum absolute atomic E-state index is 13.2. The van der Waals surface area contributed by atoms with Crippen LogP contribution in [-0.4, -0.2) is 18.1 Å². The normalized spacial score (nSPS) is 13.0. The molecule has 0 saturated carbocycles. The van der Waals surface area contributed by atoms with Crippen LogP contribution in [0.2, 0.25) is 0 Å². The van der Waals surface area contributed by atoms with Crippen LogP contribution in [0.5, 0.6) is 0 Å². The highest BCUT2D eigenvalue weighted by Gasteiger charge is 2.38. The van der Waals surface area contributed by atoms with Gasteiger partial charge in [-0.2, -0.15) is 48.6 Å².